The van der Waals surface area contributed by atoms with Gasteiger partial charge in [-0.05, 0) is 31.5 Å². The van der Waals surface area contributed by atoms with Crippen molar-refractivity contribution in [2.75, 3.05) is 0 Å². The Morgan fingerprint density at radius 1 is 1.40 bits per heavy atom. The van der Waals surface area contributed by atoms with Gasteiger partial charge in [0.2, 0.25) is 0 Å². The summed E-state index contributed by atoms with van der Waals surface area (Å²) in [6, 6.07) is 3.32. The molecule has 0 unspecified atom stereocenters. The zero-order valence-electron chi connectivity index (χ0n) is 8.90. The number of hydrogen-bond acceptors (Lipinski definition) is 2. The molecule has 0 atom stereocenters. The molecule has 0 fully saturated rings. The Balaban J connectivity index is 2.85. The standard InChI is InChI=1S/C11H12N2O2/c1-6-4-8(11(14)15)5-9-7(2)13(3)12-10(6)9/h4-5H,1-3H3,(H,14,15). The van der Waals surface area contributed by atoms with E-state index in [-0.39, 0.29) is 0 Å². The van der Waals surface area contributed by atoms with Crippen molar-refractivity contribution >= 4 is 16.9 Å². The maximum Gasteiger partial charge on any atom is 0.335 e. The van der Waals surface area contributed by atoms with Crippen molar-refractivity contribution in [3.8, 4) is 0 Å². The van der Waals surface area contributed by atoms with E-state index in [2.05, 4.69) is 5.10 Å². The van der Waals surface area contributed by atoms with E-state index in [9.17, 15) is 4.79 Å². The molecular formula is C11H12N2O2. The molecule has 1 heterocycles. The number of carboxylic acid groups (broad SMARTS) is 1. The van der Waals surface area contributed by atoms with Gasteiger partial charge in [0, 0.05) is 18.1 Å². The average Bonchev–Trinajstić information content (AvgIpc) is 2.45. The molecule has 15 heavy (non-hydrogen) atoms. The zero-order valence-corrected chi connectivity index (χ0v) is 8.90. The second-order valence-corrected chi connectivity index (χ2v) is 3.70. The number of carboxylic acids is 1. The monoisotopic (exact) mass is 204 g/mol. The minimum atomic E-state index is -0.900. The van der Waals surface area contributed by atoms with E-state index in [1.807, 2.05) is 20.9 Å². The molecule has 78 valence electrons. The van der Waals surface area contributed by atoms with Gasteiger partial charge in [-0.2, -0.15) is 5.10 Å². The van der Waals surface area contributed by atoms with Crippen LogP contribution in [0.5, 0.6) is 0 Å². The van der Waals surface area contributed by atoms with Gasteiger partial charge in [-0.15, -0.1) is 0 Å². The molecular weight excluding hydrogens is 192 g/mol. The van der Waals surface area contributed by atoms with Gasteiger partial charge in [0.05, 0.1) is 11.1 Å². The highest BCUT2D eigenvalue weighted by Gasteiger charge is 2.11. The molecule has 0 radical (unpaired) electrons. The summed E-state index contributed by atoms with van der Waals surface area (Å²) in [5.41, 5.74) is 3.07. The highest BCUT2D eigenvalue weighted by atomic mass is 16.4. The fourth-order valence-electron chi connectivity index (χ4n) is 1.71. The summed E-state index contributed by atoms with van der Waals surface area (Å²) in [6.45, 7) is 3.81. The fourth-order valence-corrected chi connectivity index (χ4v) is 1.71. The molecule has 4 nitrogen and oxygen atoms in total. The van der Waals surface area contributed by atoms with Crippen LogP contribution in [0.4, 0.5) is 0 Å². The van der Waals surface area contributed by atoms with E-state index in [0.29, 0.717) is 5.56 Å². The van der Waals surface area contributed by atoms with Crippen LogP contribution in [0.2, 0.25) is 0 Å². The molecule has 0 spiro atoms. The first kappa shape index (κ1) is 9.71. The molecule has 2 aromatic rings. The van der Waals surface area contributed by atoms with Crippen LogP contribution in [-0.4, -0.2) is 20.9 Å². The van der Waals surface area contributed by atoms with Crippen LogP contribution in [0.25, 0.3) is 10.9 Å². The Hall–Kier alpha value is -1.84. The third-order valence-corrected chi connectivity index (χ3v) is 2.67. The summed E-state index contributed by atoms with van der Waals surface area (Å²) in [4.78, 5) is 10.9. The van der Waals surface area contributed by atoms with Crippen LogP contribution >= 0.6 is 0 Å². The molecule has 1 N–H and O–H groups in total. The smallest absolute Gasteiger partial charge is 0.335 e. The number of aromatic nitrogens is 2. The second-order valence-electron chi connectivity index (χ2n) is 3.70. The number of aryl methyl sites for hydroxylation is 3. The minimum Gasteiger partial charge on any atom is -0.478 e. The van der Waals surface area contributed by atoms with E-state index in [1.54, 1.807) is 16.8 Å². The van der Waals surface area contributed by atoms with Crippen LogP contribution < -0.4 is 0 Å². The number of benzene rings is 1. The summed E-state index contributed by atoms with van der Waals surface area (Å²) in [7, 11) is 1.86. The summed E-state index contributed by atoms with van der Waals surface area (Å²) >= 11 is 0. The summed E-state index contributed by atoms with van der Waals surface area (Å²) in [5.74, 6) is -0.900. The molecule has 0 saturated carbocycles. The summed E-state index contributed by atoms with van der Waals surface area (Å²) < 4.78 is 1.77. The lowest BCUT2D eigenvalue weighted by molar-refractivity contribution is 0.0697. The van der Waals surface area contributed by atoms with Crippen molar-refractivity contribution in [1.29, 1.82) is 0 Å². The maximum atomic E-state index is 10.9. The molecule has 1 aromatic heterocycles. The van der Waals surface area contributed by atoms with Crippen LogP contribution in [0.1, 0.15) is 21.6 Å². The van der Waals surface area contributed by atoms with E-state index in [0.717, 1.165) is 22.2 Å². The van der Waals surface area contributed by atoms with Crippen LogP contribution in [-0.2, 0) is 7.05 Å². The van der Waals surface area contributed by atoms with E-state index >= 15 is 0 Å². The van der Waals surface area contributed by atoms with Gasteiger partial charge in [-0.1, -0.05) is 0 Å². The molecule has 0 aliphatic carbocycles. The molecule has 0 bridgehead atoms. The maximum absolute atomic E-state index is 10.9. The Kier molecular flexibility index (Phi) is 2.00. The summed E-state index contributed by atoms with van der Waals surface area (Å²) in [5, 5.41) is 14.2. The Labute approximate surface area is 87.1 Å². The number of carbonyl (C=O) groups is 1. The molecule has 2 rings (SSSR count). The Morgan fingerprint density at radius 2 is 2.07 bits per heavy atom. The van der Waals surface area contributed by atoms with Gasteiger partial charge in [0.25, 0.3) is 0 Å². The molecule has 4 heteroatoms. The van der Waals surface area contributed by atoms with Crippen molar-refractivity contribution < 1.29 is 9.90 Å². The molecule has 0 saturated heterocycles. The predicted molar refractivity (Wildman–Crippen MR) is 57.1 cm³/mol. The van der Waals surface area contributed by atoms with Crippen molar-refractivity contribution in [2.24, 2.45) is 7.05 Å². The van der Waals surface area contributed by atoms with Crippen LogP contribution in [0, 0.1) is 13.8 Å². The van der Waals surface area contributed by atoms with Gasteiger partial charge in [0.1, 0.15) is 0 Å². The summed E-state index contributed by atoms with van der Waals surface area (Å²) in [6.07, 6.45) is 0. The fraction of sp³-hybridized carbons (Fsp3) is 0.273. The Morgan fingerprint density at radius 3 is 2.67 bits per heavy atom. The third-order valence-electron chi connectivity index (χ3n) is 2.67. The van der Waals surface area contributed by atoms with E-state index in [1.165, 1.54) is 0 Å². The largest absolute Gasteiger partial charge is 0.478 e. The average molecular weight is 204 g/mol. The van der Waals surface area contributed by atoms with Gasteiger partial charge < -0.3 is 5.11 Å². The molecule has 0 aliphatic heterocycles. The minimum absolute atomic E-state index is 0.316. The van der Waals surface area contributed by atoms with Gasteiger partial charge in [-0.3, -0.25) is 4.68 Å². The topological polar surface area (TPSA) is 55.1 Å². The molecule has 0 aliphatic rings. The number of nitrogens with zero attached hydrogens (tertiary/aromatic N) is 2. The van der Waals surface area contributed by atoms with Crippen LogP contribution in [0.3, 0.4) is 0 Å². The first-order chi connectivity index (χ1) is 7.00. The van der Waals surface area contributed by atoms with Crippen molar-refractivity contribution in [3.05, 3.63) is 29.0 Å². The lowest BCUT2D eigenvalue weighted by Crippen LogP contribution is -1.96. The predicted octanol–water partition coefficient (Wildman–Crippen LogP) is 1.89. The van der Waals surface area contributed by atoms with Gasteiger partial charge in [-0.25, -0.2) is 4.79 Å². The number of fused-ring (bicyclic) bond motifs is 1. The third kappa shape index (κ3) is 1.38. The quantitative estimate of drug-likeness (QED) is 0.771. The zero-order chi connectivity index (χ0) is 11.2. The number of rotatable bonds is 1. The highest BCUT2D eigenvalue weighted by Crippen LogP contribution is 2.22. The van der Waals surface area contributed by atoms with Crippen molar-refractivity contribution in [2.45, 2.75) is 13.8 Å². The van der Waals surface area contributed by atoms with Crippen molar-refractivity contribution in [1.82, 2.24) is 9.78 Å². The van der Waals surface area contributed by atoms with E-state index in [4.69, 9.17) is 5.11 Å². The van der Waals surface area contributed by atoms with Gasteiger partial charge in [0.15, 0.2) is 0 Å². The Bertz CT molecular complexity index is 555. The van der Waals surface area contributed by atoms with Crippen molar-refractivity contribution in [3.63, 3.8) is 0 Å². The molecule has 1 aromatic carbocycles. The van der Waals surface area contributed by atoms with Gasteiger partial charge >= 0.3 is 5.97 Å². The second kappa shape index (κ2) is 3.08. The number of hydrogen-bond donors (Lipinski definition) is 1. The van der Waals surface area contributed by atoms with E-state index < -0.39 is 5.97 Å². The number of aromatic carboxylic acids is 1. The molecule has 0 amide bonds. The lowest BCUT2D eigenvalue weighted by Gasteiger charge is -1.98. The normalized spacial score (nSPS) is 10.9. The van der Waals surface area contributed by atoms with Crippen LogP contribution in [0.15, 0.2) is 12.1 Å². The lowest BCUT2D eigenvalue weighted by atomic mass is 10.1. The SMILES string of the molecule is Cc1cc(C(=O)O)cc2c(C)n(C)nc12. The first-order valence-corrected chi connectivity index (χ1v) is 4.68. The first-order valence-electron chi connectivity index (χ1n) is 4.68. The highest BCUT2D eigenvalue weighted by molar-refractivity contribution is 5.95.